The first-order valence-corrected chi connectivity index (χ1v) is 9.07. The van der Waals surface area contributed by atoms with Gasteiger partial charge < -0.3 is 4.74 Å². The highest BCUT2D eigenvalue weighted by molar-refractivity contribution is 5.73. The summed E-state index contributed by atoms with van der Waals surface area (Å²) in [6.45, 7) is 4.85. The van der Waals surface area contributed by atoms with E-state index in [2.05, 4.69) is 69.6 Å². The predicted molar refractivity (Wildman–Crippen MR) is 108 cm³/mol. The van der Waals surface area contributed by atoms with E-state index in [0.29, 0.717) is 0 Å². The maximum Gasteiger partial charge on any atom is 0.177 e. The maximum atomic E-state index is 5.98. The van der Waals surface area contributed by atoms with Gasteiger partial charge >= 0.3 is 0 Å². The van der Waals surface area contributed by atoms with E-state index in [4.69, 9.17) is 4.74 Å². The molecule has 0 spiro atoms. The van der Waals surface area contributed by atoms with Crippen LogP contribution in [0.4, 0.5) is 5.69 Å². The van der Waals surface area contributed by atoms with Gasteiger partial charge in [-0.05, 0) is 37.6 Å². The molecule has 1 atom stereocenters. The van der Waals surface area contributed by atoms with Gasteiger partial charge in [0.25, 0.3) is 0 Å². The van der Waals surface area contributed by atoms with E-state index in [9.17, 15) is 0 Å². The van der Waals surface area contributed by atoms with Gasteiger partial charge in [-0.1, -0.05) is 48.5 Å². The molecule has 27 heavy (non-hydrogen) atoms. The van der Waals surface area contributed by atoms with Crippen LogP contribution >= 0.6 is 0 Å². The molecule has 0 saturated carbocycles. The summed E-state index contributed by atoms with van der Waals surface area (Å²) < 4.78 is 5.98. The van der Waals surface area contributed by atoms with Gasteiger partial charge in [0.2, 0.25) is 0 Å². The van der Waals surface area contributed by atoms with E-state index in [-0.39, 0.29) is 0 Å². The number of methoxy groups -OCH3 is 1. The van der Waals surface area contributed by atoms with Crippen LogP contribution in [0.3, 0.4) is 0 Å². The van der Waals surface area contributed by atoms with Crippen molar-refractivity contribution in [3.05, 3.63) is 89.8 Å². The fourth-order valence-corrected chi connectivity index (χ4v) is 3.59. The number of nitrogens with one attached hydrogen (secondary N) is 1. The molecule has 0 amide bonds. The minimum atomic E-state index is -0.602. The number of aromatic nitrogens is 2. The second-order valence-corrected chi connectivity index (χ2v) is 6.89. The van der Waals surface area contributed by atoms with Crippen molar-refractivity contribution in [2.45, 2.75) is 26.1 Å². The van der Waals surface area contributed by atoms with Gasteiger partial charge in [0.05, 0.1) is 24.1 Å². The van der Waals surface area contributed by atoms with Gasteiger partial charge in [-0.15, -0.1) is 0 Å². The highest BCUT2D eigenvalue weighted by Gasteiger charge is 2.43. The molecule has 0 bridgehead atoms. The summed E-state index contributed by atoms with van der Waals surface area (Å²) in [5.41, 5.74) is 4.89. The fraction of sp³-hybridized carbons (Fsp3) is 0.227. The zero-order chi connectivity index (χ0) is 18.9. The molecule has 1 unspecified atom stereocenters. The summed E-state index contributed by atoms with van der Waals surface area (Å²) in [6.07, 6.45) is 4.05. The zero-order valence-electron chi connectivity index (χ0n) is 15.9. The number of hydrogen-bond donors (Lipinski definition) is 1. The first-order chi connectivity index (χ1) is 13.1. The normalized spacial score (nSPS) is 19.4. The summed E-state index contributed by atoms with van der Waals surface area (Å²) in [7, 11) is 1.75. The van der Waals surface area contributed by atoms with Crippen molar-refractivity contribution in [2.75, 3.05) is 12.1 Å². The van der Waals surface area contributed by atoms with Crippen molar-refractivity contribution < 1.29 is 4.74 Å². The molecular weight excluding hydrogens is 336 g/mol. The Labute approximate surface area is 159 Å². The number of para-hydroxylation sites is 1. The number of aryl methyl sites for hydroxylation is 1. The van der Waals surface area contributed by atoms with E-state index < -0.39 is 5.72 Å². The molecule has 1 aliphatic rings. The maximum absolute atomic E-state index is 5.98. The molecule has 0 aliphatic carbocycles. The number of hydrazine groups is 1. The number of nitrogens with zero attached hydrogens (tertiary/aromatic N) is 3. The number of aromatic amines is 1. The lowest BCUT2D eigenvalue weighted by atomic mass is 10.1. The first-order valence-electron chi connectivity index (χ1n) is 9.07. The quantitative estimate of drug-likeness (QED) is 0.734. The molecule has 1 aromatic heterocycles. The third-order valence-corrected chi connectivity index (χ3v) is 5.04. The molecule has 138 valence electrons. The minimum absolute atomic E-state index is 0.602. The van der Waals surface area contributed by atoms with Crippen molar-refractivity contribution in [1.29, 1.82) is 0 Å². The van der Waals surface area contributed by atoms with Gasteiger partial charge in [-0.25, -0.2) is 0 Å². The Morgan fingerprint density at radius 3 is 2.30 bits per heavy atom. The first kappa shape index (κ1) is 17.4. The highest BCUT2D eigenvalue weighted by atomic mass is 16.5. The lowest BCUT2D eigenvalue weighted by Crippen LogP contribution is -2.50. The van der Waals surface area contributed by atoms with Crippen LogP contribution in [-0.2, 0) is 11.3 Å². The Balaban J connectivity index is 1.84. The van der Waals surface area contributed by atoms with Crippen LogP contribution in [0.2, 0.25) is 0 Å². The summed E-state index contributed by atoms with van der Waals surface area (Å²) >= 11 is 0. The van der Waals surface area contributed by atoms with Gasteiger partial charge in [0.1, 0.15) is 0 Å². The third-order valence-electron chi connectivity index (χ3n) is 5.04. The summed E-state index contributed by atoms with van der Waals surface area (Å²) in [6, 6.07) is 20.8. The van der Waals surface area contributed by atoms with Crippen molar-refractivity contribution >= 4 is 11.4 Å². The smallest absolute Gasteiger partial charge is 0.177 e. The molecule has 0 radical (unpaired) electrons. The van der Waals surface area contributed by atoms with Crippen molar-refractivity contribution in [1.82, 2.24) is 15.2 Å². The number of H-pyrrole nitrogens is 1. The SMILES string of the molecule is COC1(C)C=C(c2cn[nH]c2C)N(Cc2ccccc2)N1c1ccccc1. The van der Waals surface area contributed by atoms with E-state index in [1.165, 1.54) is 5.56 Å². The van der Waals surface area contributed by atoms with Gasteiger partial charge in [0, 0.05) is 18.4 Å². The molecule has 3 aromatic rings. The number of ether oxygens (including phenoxy) is 1. The molecule has 5 nitrogen and oxygen atoms in total. The van der Waals surface area contributed by atoms with Crippen molar-refractivity contribution in [3.63, 3.8) is 0 Å². The van der Waals surface area contributed by atoms with Crippen LogP contribution in [0.25, 0.3) is 5.70 Å². The molecular formula is C22H24N4O. The fourth-order valence-electron chi connectivity index (χ4n) is 3.59. The van der Waals surface area contributed by atoms with Crippen LogP contribution in [0.1, 0.15) is 23.7 Å². The highest BCUT2D eigenvalue weighted by Crippen LogP contribution is 2.41. The van der Waals surface area contributed by atoms with E-state index in [1.54, 1.807) is 7.11 Å². The molecule has 0 fully saturated rings. The number of hydrogen-bond acceptors (Lipinski definition) is 4. The Bertz CT molecular complexity index is 935. The van der Waals surface area contributed by atoms with Crippen LogP contribution in [-0.4, -0.2) is 28.0 Å². The predicted octanol–water partition coefficient (Wildman–Crippen LogP) is 4.36. The number of rotatable bonds is 5. The lowest BCUT2D eigenvalue weighted by Gasteiger charge is -2.41. The molecule has 5 heteroatoms. The zero-order valence-corrected chi connectivity index (χ0v) is 15.9. The Kier molecular flexibility index (Phi) is 4.46. The van der Waals surface area contributed by atoms with E-state index in [0.717, 1.165) is 29.2 Å². The van der Waals surface area contributed by atoms with Crippen LogP contribution < -0.4 is 5.01 Å². The minimum Gasteiger partial charge on any atom is -0.354 e. The monoisotopic (exact) mass is 360 g/mol. The summed E-state index contributed by atoms with van der Waals surface area (Å²) in [4.78, 5) is 0. The average Bonchev–Trinajstić information content (AvgIpc) is 3.24. The molecule has 2 heterocycles. The van der Waals surface area contributed by atoms with Crippen molar-refractivity contribution in [3.8, 4) is 0 Å². The van der Waals surface area contributed by atoms with Gasteiger partial charge in [0.15, 0.2) is 5.72 Å². The molecule has 0 saturated heterocycles. The van der Waals surface area contributed by atoms with E-state index in [1.807, 2.05) is 37.4 Å². The van der Waals surface area contributed by atoms with Crippen molar-refractivity contribution in [2.24, 2.45) is 0 Å². The van der Waals surface area contributed by atoms with Crippen LogP contribution in [0.5, 0.6) is 0 Å². The summed E-state index contributed by atoms with van der Waals surface area (Å²) in [5.74, 6) is 0. The molecule has 4 rings (SSSR count). The Hall–Kier alpha value is -3.05. The largest absolute Gasteiger partial charge is 0.354 e. The third kappa shape index (κ3) is 3.11. The molecule has 1 N–H and O–H groups in total. The molecule has 2 aromatic carbocycles. The Morgan fingerprint density at radius 2 is 1.70 bits per heavy atom. The lowest BCUT2D eigenvalue weighted by molar-refractivity contribution is 0.0244. The Morgan fingerprint density at radius 1 is 1.04 bits per heavy atom. The van der Waals surface area contributed by atoms with Crippen LogP contribution in [0.15, 0.2) is 72.9 Å². The number of benzene rings is 2. The standard InChI is InChI=1S/C22H24N4O/c1-17-20(15-23-24-17)21-14-22(2,27-3)26(19-12-8-5-9-13-19)25(21)16-18-10-6-4-7-11-18/h4-15H,16H2,1-3H3,(H,23,24). The summed E-state index contributed by atoms with van der Waals surface area (Å²) in [5, 5.41) is 11.8. The number of anilines is 1. The molecule has 1 aliphatic heterocycles. The second-order valence-electron chi connectivity index (χ2n) is 6.89. The van der Waals surface area contributed by atoms with Gasteiger partial charge in [-0.2, -0.15) is 5.10 Å². The average molecular weight is 360 g/mol. The van der Waals surface area contributed by atoms with Crippen LogP contribution in [0, 0.1) is 6.92 Å². The van der Waals surface area contributed by atoms with E-state index >= 15 is 0 Å². The topological polar surface area (TPSA) is 44.4 Å². The second kappa shape index (κ2) is 6.93. The van der Waals surface area contributed by atoms with Gasteiger partial charge in [-0.3, -0.25) is 15.1 Å².